The summed E-state index contributed by atoms with van der Waals surface area (Å²) in [7, 11) is 0. The summed E-state index contributed by atoms with van der Waals surface area (Å²) in [5, 5.41) is 18.3. The van der Waals surface area contributed by atoms with Gasteiger partial charge in [-0.2, -0.15) is 13.2 Å². The minimum Gasteiger partial charge on any atom is -0.494 e. The normalized spacial score (nSPS) is 11.8. The summed E-state index contributed by atoms with van der Waals surface area (Å²) < 4.78 is 38.9. The van der Waals surface area contributed by atoms with Gasteiger partial charge in [-0.25, -0.2) is 0 Å². The van der Waals surface area contributed by atoms with Gasteiger partial charge in [-0.05, 0) is 18.2 Å². The molecule has 0 aliphatic carbocycles. The Labute approximate surface area is 133 Å². The van der Waals surface area contributed by atoms with Gasteiger partial charge in [0.2, 0.25) is 0 Å². The highest BCUT2D eigenvalue weighted by atomic mass is 35.5. The number of alkyl halides is 3. The van der Waals surface area contributed by atoms with Gasteiger partial charge >= 0.3 is 6.18 Å². The average molecular weight is 339 g/mol. The van der Waals surface area contributed by atoms with E-state index in [1.165, 1.54) is 6.07 Å². The Balaban J connectivity index is 2.15. The van der Waals surface area contributed by atoms with Crippen LogP contribution in [0.4, 0.5) is 13.2 Å². The van der Waals surface area contributed by atoms with E-state index in [2.05, 4.69) is 4.98 Å². The van der Waals surface area contributed by atoms with Crippen molar-refractivity contribution in [3.8, 4) is 5.88 Å². The van der Waals surface area contributed by atoms with Crippen LogP contribution in [-0.2, 0) is 6.18 Å². The third kappa shape index (κ3) is 2.66. The molecule has 1 aromatic heterocycles. The molecule has 0 radical (unpaired) electrons. The van der Waals surface area contributed by atoms with E-state index in [9.17, 15) is 18.3 Å². The van der Waals surface area contributed by atoms with Crippen molar-refractivity contribution in [1.29, 1.82) is 5.41 Å². The molecule has 0 saturated heterocycles. The summed E-state index contributed by atoms with van der Waals surface area (Å²) in [6.45, 7) is 0. The van der Waals surface area contributed by atoms with E-state index >= 15 is 0 Å². The van der Waals surface area contributed by atoms with Crippen LogP contribution in [-0.4, -0.2) is 15.8 Å². The Morgan fingerprint density at radius 1 is 1.13 bits per heavy atom. The Bertz CT molecular complexity index is 915. The van der Waals surface area contributed by atoms with Crippen LogP contribution in [0.1, 0.15) is 16.7 Å². The lowest BCUT2D eigenvalue weighted by molar-refractivity contribution is -0.137. The van der Waals surface area contributed by atoms with Crippen LogP contribution in [0, 0.1) is 5.41 Å². The molecular weight excluding hydrogens is 329 g/mol. The Morgan fingerprint density at radius 3 is 2.52 bits per heavy atom. The molecule has 3 nitrogen and oxygen atoms in total. The summed E-state index contributed by atoms with van der Waals surface area (Å²) in [5.41, 5.74) is -0.476. The van der Waals surface area contributed by atoms with Crippen molar-refractivity contribution in [2.45, 2.75) is 6.18 Å². The summed E-state index contributed by atoms with van der Waals surface area (Å²) in [5.74, 6) is -0.264. The van der Waals surface area contributed by atoms with Crippen LogP contribution in [0.5, 0.6) is 5.88 Å². The predicted molar refractivity (Wildman–Crippen MR) is 82.3 cm³/mol. The number of nitrogens with one attached hydrogen (secondary N) is 2. The molecule has 3 aromatic rings. The molecule has 23 heavy (non-hydrogen) atoms. The molecule has 0 spiro atoms. The number of hydrogen-bond acceptors (Lipinski definition) is 2. The van der Waals surface area contributed by atoms with Gasteiger partial charge < -0.3 is 10.1 Å². The summed E-state index contributed by atoms with van der Waals surface area (Å²) in [6, 6.07) is 10.1. The van der Waals surface area contributed by atoms with Gasteiger partial charge in [0.15, 0.2) is 5.88 Å². The molecule has 0 amide bonds. The second-order valence-corrected chi connectivity index (χ2v) is 5.37. The van der Waals surface area contributed by atoms with Gasteiger partial charge in [0, 0.05) is 16.5 Å². The fourth-order valence-electron chi connectivity index (χ4n) is 2.42. The first-order valence-electron chi connectivity index (χ1n) is 6.54. The van der Waals surface area contributed by atoms with E-state index in [-0.39, 0.29) is 22.7 Å². The van der Waals surface area contributed by atoms with Crippen LogP contribution in [0.15, 0.2) is 42.5 Å². The molecule has 1 heterocycles. The van der Waals surface area contributed by atoms with E-state index in [0.29, 0.717) is 10.9 Å². The van der Waals surface area contributed by atoms with Crippen molar-refractivity contribution in [2.24, 2.45) is 0 Å². The SMILES string of the molecule is N=C(c1ccc(Cl)c(C(F)(F)F)c1)c1c(O)[nH]c2ccccc12. The van der Waals surface area contributed by atoms with Gasteiger partial charge in [0.05, 0.1) is 21.9 Å². The second kappa shape index (κ2) is 5.31. The highest BCUT2D eigenvalue weighted by molar-refractivity contribution is 6.31. The zero-order valence-electron chi connectivity index (χ0n) is 11.5. The Hall–Kier alpha value is -2.47. The molecule has 0 fully saturated rings. The van der Waals surface area contributed by atoms with Gasteiger partial charge in [-0.1, -0.05) is 35.9 Å². The zero-order valence-corrected chi connectivity index (χ0v) is 12.3. The van der Waals surface area contributed by atoms with Crippen LogP contribution < -0.4 is 0 Å². The number of hydrogen-bond donors (Lipinski definition) is 3. The molecule has 0 atom stereocenters. The number of aromatic hydroxyl groups is 1. The van der Waals surface area contributed by atoms with E-state index in [4.69, 9.17) is 17.0 Å². The number of aromatic amines is 1. The summed E-state index contributed by atoms with van der Waals surface area (Å²) in [4.78, 5) is 2.70. The van der Waals surface area contributed by atoms with Crippen molar-refractivity contribution in [3.63, 3.8) is 0 Å². The Morgan fingerprint density at radius 2 is 1.83 bits per heavy atom. The number of halogens is 4. The largest absolute Gasteiger partial charge is 0.494 e. The highest BCUT2D eigenvalue weighted by Gasteiger charge is 2.33. The van der Waals surface area contributed by atoms with Gasteiger partial charge in [0.25, 0.3) is 0 Å². The number of fused-ring (bicyclic) bond motifs is 1. The lowest BCUT2D eigenvalue weighted by Gasteiger charge is -2.11. The first kappa shape index (κ1) is 15.4. The monoisotopic (exact) mass is 338 g/mol. The van der Waals surface area contributed by atoms with E-state index in [0.717, 1.165) is 12.1 Å². The van der Waals surface area contributed by atoms with Crippen molar-refractivity contribution in [1.82, 2.24) is 4.98 Å². The van der Waals surface area contributed by atoms with Gasteiger partial charge in [-0.3, -0.25) is 5.41 Å². The van der Waals surface area contributed by atoms with Crippen molar-refractivity contribution in [2.75, 3.05) is 0 Å². The van der Waals surface area contributed by atoms with Crippen molar-refractivity contribution >= 4 is 28.2 Å². The topological polar surface area (TPSA) is 59.9 Å². The maximum Gasteiger partial charge on any atom is 0.417 e. The Kier molecular flexibility index (Phi) is 3.56. The van der Waals surface area contributed by atoms with Gasteiger partial charge in [0.1, 0.15) is 0 Å². The summed E-state index contributed by atoms with van der Waals surface area (Å²) >= 11 is 5.59. The molecule has 118 valence electrons. The first-order valence-corrected chi connectivity index (χ1v) is 6.92. The number of benzene rings is 2. The van der Waals surface area contributed by atoms with E-state index in [1.54, 1.807) is 24.3 Å². The number of para-hydroxylation sites is 1. The third-order valence-corrected chi connectivity index (χ3v) is 3.83. The van der Waals surface area contributed by atoms with Crippen molar-refractivity contribution in [3.05, 3.63) is 64.2 Å². The fraction of sp³-hybridized carbons (Fsp3) is 0.0625. The minimum absolute atomic E-state index is 0.0155. The zero-order chi connectivity index (χ0) is 16.8. The standard InChI is InChI=1S/C16H10ClF3N2O/c17-11-6-5-8(7-10(11)16(18,19)20)14(21)13-9-3-1-2-4-12(9)22-15(13)23/h1-7,21-23H. The van der Waals surface area contributed by atoms with Crippen LogP contribution in [0.2, 0.25) is 5.02 Å². The van der Waals surface area contributed by atoms with Crippen LogP contribution in [0.25, 0.3) is 10.9 Å². The molecule has 7 heteroatoms. The smallest absolute Gasteiger partial charge is 0.417 e. The molecule has 3 N–H and O–H groups in total. The maximum absolute atomic E-state index is 13.0. The second-order valence-electron chi connectivity index (χ2n) is 4.96. The summed E-state index contributed by atoms with van der Waals surface area (Å²) in [6.07, 6.45) is -4.62. The van der Waals surface area contributed by atoms with Crippen LogP contribution in [0.3, 0.4) is 0 Å². The number of aromatic nitrogens is 1. The molecule has 2 aromatic carbocycles. The highest BCUT2D eigenvalue weighted by Crippen LogP contribution is 2.36. The first-order chi connectivity index (χ1) is 10.8. The molecule has 0 saturated carbocycles. The molecule has 0 aliphatic heterocycles. The third-order valence-electron chi connectivity index (χ3n) is 3.50. The minimum atomic E-state index is -4.62. The lowest BCUT2D eigenvalue weighted by atomic mass is 9.99. The van der Waals surface area contributed by atoms with Crippen LogP contribution >= 0.6 is 11.6 Å². The quantitative estimate of drug-likeness (QED) is 0.568. The average Bonchev–Trinajstić information content (AvgIpc) is 2.81. The number of H-pyrrole nitrogens is 1. The number of rotatable bonds is 2. The molecule has 0 aliphatic rings. The van der Waals surface area contributed by atoms with E-state index < -0.39 is 16.8 Å². The van der Waals surface area contributed by atoms with Gasteiger partial charge in [-0.15, -0.1) is 0 Å². The van der Waals surface area contributed by atoms with E-state index in [1.807, 2.05) is 0 Å². The lowest BCUT2D eigenvalue weighted by Crippen LogP contribution is -2.09. The van der Waals surface area contributed by atoms with Crippen molar-refractivity contribution < 1.29 is 18.3 Å². The molecule has 3 rings (SSSR count). The molecule has 0 bridgehead atoms. The molecule has 0 unspecified atom stereocenters. The fourth-order valence-corrected chi connectivity index (χ4v) is 2.65. The predicted octanol–water partition coefficient (Wildman–Crippen LogP) is 4.96. The maximum atomic E-state index is 13.0. The molecular formula is C16H10ClF3N2O.